The SMILES string of the molecule is COc1ccc(S(=O)(=O)NCCCl)cc1. The Labute approximate surface area is 94.3 Å². The van der Waals surface area contributed by atoms with E-state index in [1.165, 1.54) is 19.2 Å². The molecule has 6 heteroatoms. The molecule has 0 aliphatic carbocycles. The van der Waals surface area contributed by atoms with E-state index in [9.17, 15) is 8.42 Å². The Morgan fingerprint density at radius 2 is 1.93 bits per heavy atom. The molecule has 0 bridgehead atoms. The van der Waals surface area contributed by atoms with Crippen molar-refractivity contribution in [1.82, 2.24) is 4.72 Å². The number of hydrogen-bond donors (Lipinski definition) is 1. The highest BCUT2D eigenvalue weighted by molar-refractivity contribution is 7.89. The van der Waals surface area contributed by atoms with Crippen molar-refractivity contribution in [3.05, 3.63) is 24.3 Å². The molecule has 0 radical (unpaired) electrons. The first kappa shape index (κ1) is 12.3. The average Bonchev–Trinajstić information content (AvgIpc) is 2.26. The van der Waals surface area contributed by atoms with Crippen LogP contribution in [0.3, 0.4) is 0 Å². The molecule has 0 saturated carbocycles. The summed E-state index contributed by atoms with van der Waals surface area (Å²) in [5, 5.41) is 0. The highest BCUT2D eigenvalue weighted by atomic mass is 35.5. The number of halogens is 1. The van der Waals surface area contributed by atoms with E-state index in [1.807, 2.05) is 0 Å². The molecule has 0 aliphatic rings. The molecular weight excluding hydrogens is 238 g/mol. The van der Waals surface area contributed by atoms with Crippen LogP contribution in [0.2, 0.25) is 0 Å². The topological polar surface area (TPSA) is 55.4 Å². The summed E-state index contributed by atoms with van der Waals surface area (Å²) in [6, 6.07) is 6.15. The Balaban J connectivity index is 2.86. The summed E-state index contributed by atoms with van der Waals surface area (Å²) in [5.74, 6) is 0.862. The minimum absolute atomic E-state index is 0.202. The monoisotopic (exact) mass is 249 g/mol. The summed E-state index contributed by atoms with van der Waals surface area (Å²) in [6.45, 7) is 0.218. The van der Waals surface area contributed by atoms with Gasteiger partial charge in [0.15, 0.2) is 0 Å². The number of hydrogen-bond acceptors (Lipinski definition) is 3. The summed E-state index contributed by atoms with van der Waals surface area (Å²) in [7, 11) is -1.91. The lowest BCUT2D eigenvalue weighted by Crippen LogP contribution is -2.25. The van der Waals surface area contributed by atoms with Gasteiger partial charge in [-0.15, -0.1) is 11.6 Å². The molecule has 0 amide bonds. The van der Waals surface area contributed by atoms with Gasteiger partial charge in [0.2, 0.25) is 10.0 Å². The van der Waals surface area contributed by atoms with Crippen molar-refractivity contribution < 1.29 is 13.2 Å². The van der Waals surface area contributed by atoms with Gasteiger partial charge in [0.1, 0.15) is 5.75 Å². The van der Waals surface area contributed by atoms with E-state index in [-0.39, 0.29) is 17.3 Å². The zero-order valence-electron chi connectivity index (χ0n) is 8.23. The van der Waals surface area contributed by atoms with Crippen molar-refractivity contribution in [3.8, 4) is 5.75 Å². The third-order valence-electron chi connectivity index (χ3n) is 1.76. The van der Waals surface area contributed by atoms with Crippen LogP contribution < -0.4 is 9.46 Å². The van der Waals surface area contributed by atoms with Gasteiger partial charge in [0.25, 0.3) is 0 Å². The number of methoxy groups -OCH3 is 1. The molecular formula is C9H12ClNO3S. The fraction of sp³-hybridized carbons (Fsp3) is 0.333. The smallest absolute Gasteiger partial charge is 0.240 e. The van der Waals surface area contributed by atoms with E-state index in [2.05, 4.69) is 4.72 Å². The van der Waals surface area contributed by atoms with Crippen molar-refractivity contribution >= 4 is 21.6 Å². The first-order chi connectivity index (χ1) is 7.10. The predicted octanol–water partition coefficient (Wildman–Crippen LogP) is 1.21. The van der Waals surface area contributed by atoms with Gasteiger partial charge in [0.05, 0.1) is 12.0 Å². The van der Waals surface area contributed by atoms with Crippen LogP contribution in [0, 0.1) is 0 Å². The zero-order chi connectivity index (χ0) is 11.3. The van der Waals surface area contributed by atoms with E-state index < -0.39 is 10.0 Å². The molecule has 0 atom stereocenters. The average molecular weight is 250 g/mol. The number of sulfonamides is 1. The second-order valence-electron chi connectivity index (χ2n) is 2.76. The fourth-order valence-electron chi connectivity index (χ4n) is 1.01. The number of nitrogens with one attached hydrogen (secondary N) is 1. The molecule has 1 aromatic rings. The van der Waals surface area contributed by atoms with Crippen molar-refractivity contribution in [2.45, 2.75) is 4.90 Å². The maximum absolute atomic E-state index is 11.6. The van der Waals surface area contributed by atoms with Gasteiger partial charge in [0, 0.05) is 12.4 Å². The minimum Gasteiger partial charge on any atom is -0.497 e. The predicted molar refractivity (Wildman–Crippen MR) is 58.9 cm³/mol. The van der Waals surface area contributed by atoms with Crippen molar-refractivity contribution in [3.63, 3.8) is 0 Å². The first-order valence-corrected chi connectivity index (χ1v) is 6.31. The molecule has 1 aromatic carbocycles. The Morgan fingerprint density at radius 3 is 2.40 bits per heavy atom. The molecule has 15 heavy (non-hydrogen) atoms. The Morgan fingerprint density at radius 1 is 1.33 bits per heavy atom. The molecule has 84 valence electrons. The molecule has 0 fully saturated rings. The van der Waals surface area contributed by atoms with Gasteiger partial charge in [-0.05, 0) is 24.3 Å². The minimum atomic E-state index is -3.44. The lowest BCUT2D eigenvalue weighted by Gasteiger charge is -2.05. The first-order valence-electron chi connectivity index (χ1n) is 4.30. The molecule has 0 aromatic heterocycles. The summed E-state index contributed by atoms with van der Waals surface area (Å²) >= 11 is 5.40. The highest BCUT2D eigenvalue weighted by Gasteiger charge is 2.12. The van der Waals surface area contributed by atoms with Crippen LogP contribution in [0.5, 0.6) is 5.75 Å². The standard InChI is InChI=1S/C9H12ClNO3S/c1-14-8-2-4-9(5-3-8)15(12,13)11-7-6-10/h2-5,11H,6-7H2,1H3. The lowest BCUT2D eigenvalue weighted by molar-refractivity contribution is 0.414. The number of alkyl halides is 1. The second kappa shape index (κ2) is 5.34. The lowest BCUT2D eigenvalue weighted by atomic mass is 10.3. The van der Waals surface area contributed by atoms with E-state index in [1.54, 1.807) is 12.1 Å². The maximum Gasteiger partial charge on any atom is 0.240 e. The Kier molecular flexibility index (Phi) is 4.38. The van der Waals surface area contributed by atoms with Crippen LogP contribution in [-0.2, 0) is 10.0 Å². The van der Waals surface area contributed by atoms with Crippen molar-refractivity contribution in [1.29, 1.82) is 0 Å². The molecule has 0 aliphatic heterocycles. The number of ether oxygens (including phenoxy) is 1. The molecule has 4 nitrogen and oxygen atoms in total. The van der Waals surface area contributed by atoms with Crippen LogP contribution in [0.25, 0.3) is 0 Å². The normalized spacial score (nSPS) is 11.3. The second-order valence-corrected chi connectivity index (χ2v) is 4.91. The maximum atomic E-state index is 11.6. The zero-order valence-corrected chi connectivity index (χ0v) is 9.81. The summed E-state index contributed by atoms with van der Waals surface area (Å²) in [5.41, 5.74) is 0. The van der Waals surface area contributed by atoms with Crippen LogP contribution >= 0.6 is 11.6 Å². The third kappa shape index (κ3) is 3.37. The van der Waals surface area contributed by atoms with E-state index in [0.29, 0.717) is 5.75 Å². The van der Waals surface area contributed by atoms with Crippen LogP contribution in [-0.4, -0.2) is 28.0 Å². The highest BCUT2D eigenvalue weighted by Crippen LogP contribution is 2.14. The van der Waals surface area contributed by atoms with Crippen molar-refractivity contribution in [2.24, 2.45) is 0 Å². The largest absolute Gasteiger partial charge is 0.497 e. The number of rotatable bonds is 5. The molecule has 0 unspecified atom stereocenters. The molecule has 0 spiro atoms. The fourth-order valence-corrected chi connectivity index (χ4v) is 2.25. The molecule has 0 heterocycles. The van der Waals surface area contributed by atoms with Crippen LogP contribution in [0.1, 0.15) is 0 Å². The van der Waals surface area contributed by atoms with Gasteiger partial charge in [-0.2, -0.15) is 0 Å². The Bertz CT molecular complexity index is 402. The van der Waals surface area contributed by atoms with Gasteiger partial charge < -0.3 is 4.74 Å². The molecule has 0 saturated heterocycles. The summed E-state index contributed by atoms with van der Waals surface area (Å²) < 4.78 is 30.4. The van der Waals surface area contributed by atoms with Crippen LogP contribution in [0.4, 0.5) is 0 Å². The van der Waals surface area contributed by atoms with Gasteiger partial charge >= 0.3 is 0 Å². The van der Waals surface area contributed by atoms with E-state index in [0.717, 1.165) is 0 Å². The Hall–Kier alpha value is -0.780. The van der Waals surface area contributed by atoms with Gasteiger partial charge in [-0.3, -0.25) is 0 Å². The van der Waals surface area contributed by atoms with Gasteiger partial charge in [-0.1, -0.05) is 0 Å². The van der Waals surface area contributed by atoms with E-state index >= 15 is 0 Å². The summed E-state index contributed by atoms with van der Waals surface area (Å²) in [6.07, 6.45) is 0. The summed E-state index contributed by atoms with van der Waals surface area (Å²) in [4.78, 5) is 0.202. The third-order valence-corrected chi connectivity index (χ3v) is 3.42. The van der Waals surface area contributed by atoms with Crippen LogP contribution in [0.15, 0.2) is 29.2 Å². The molecule has 1 N–H and O–H groups in total. The molecule has 1 rings (SSSR count). The quantitative estimate of drug-likeness (QED) is 0.799. The van der Waals surface area contributed by atoms with E-state index in [4.69, 9.17) is 16.3 Å². The number of benzene rings is 1. The van der Waals surface area contributed by atoms with Crippen molar-refractivity contribution in [2.75, 3.05) is 19.5 Å². The van der Waals surface area contributed by atoms with Gasteiger partial charge in [-0.25, -0.2) is 13.1 Å².